The third-order valence-corrected chi connectivity index (χ3v) is 3.60. The molecule has 5 heteroatoms. The van der Waals surface area contributed by atoms with Gasteiger partial charge in [0.25, 0.3) is 0 Å². The summed E-state index contributed by atoms with van der Waals surface area (Å²) in [6.45, 7) is 3.89. The summed E-state index contributed by atoms with van der Waals surface area (Å²) in [4.78, 5) is 14.0. The third kappa shape index (κ3) is 3.95. The molecular formula is C15H23N3O2. The van der Waals surface area contributed by atoms with Crippen LogP contribution in [-0.4, -0.2) is 43.7 Å². The highest BCUT2D eigenvalue weighted by atomic mass is 16.5. The highest BCUT2D eigenvalue weighted by Crippen LogP contribution is 2.20. The molecule has 0 saturated carbocycles. The Kier molecular flexibility index (Phi) is 4.98. The van der Waals surface area contributed by atoms with Crippen LogP contribution in [0.3, 0.4) is 0 Å². The van der Waals surface area contributed by atoms with E-state index in [9.17, 15) is 4.79 Å². The molecule has 1 heterocycles. The number of nitrogen functional groups attached to an aromatic ring is 1. The van der Waals surface area contributed by atoms with Gasteiger partial charge < -0.3 is 15.8 Å². The number of likely N-dealkylation sites (N-methyl/N-ethyl adjacent to an activating group) is 1. The lowest BCUT2D eigenvalue weighted by Crippen LogP contribution is -2.35. The molecule has 3 N–H and O–H groups in total. The molecule has 110 valence electrons. The van der Waals surface area contributed by atoms with Gasteiger partial charge in [-0.25, -0.2) is 0 Å². The maximum absolute atomic E-state index is 12.0. The number of ether oxygens (including phenoxy) is 1. The molecular weight excluding hydrogens is 254 g/mol. The normalized spacial score (nSPS) is 18.4. The molecule has 1 aromatic rings. The van der Waals surface area contributed by atoms with Crippen molar-refractivity contribution in [2.45, 2.75) is 25.9 Å². The van der Waals surface area contributed by atoms with E-state index >= 15 is 0 Å². The third-order valence-electron chi connectivity index (χ3n) is 3.60. The molecule has 1 fully saturated rings. The van der Waals surface area contributed by atoms with Crippen molar-refractivity contribution in [3.05, 3.63) is 23.8 Å². The van der Waals surface area contributed by atoms with Gasteiger partial charge in [-0.1, -0.05) is 6.07 Å². The van der Waals surface area contributed by atoms with Gasteiger partial charge in [-0.05, 0) is 44.5 Å². The summed E-state index contributed by atoms with van der Waals surface area (Å²) in [5.41, 5.74) is 8.20. The fraction of sp³-hybridized carbons (Fsp3) is 0.533. The molecule has 1 aromatic carbocycles. The first-order valence-electron chi connectivity index (χ1n) is 7.01. The molecule has 1 unspecified atom stereocenters. The number of hydrogen-bond acceptors (Lipinski definition) is 4. The highest BCUT2D eigenvalue weighted by molar-refractivity contribution is 5.93. The lowest BCUT2D eigenvalue weighted by molar-refractivity contribution is -0.117. The predicted octanol–water partition coefficient (Wildman–Crippen LogP) is 1.63. The van der Waals surface area contributed by atoms with Crippen LogP contribution in [0.4, 0.5) is 11.4 Å². The van der Waals surface area contributed by atoms with Crippen LogP contribution < -0.4 is 11.1 Å². The molecule has 0 radical (unpaired) electrons. The van der Waals surface area contributed by atoms with Crippen LogP contribution >= 0.6 is 0 Å². The van der Waals surface area contributed by atoms with E-state index in [1.165, 1.54) is 0 Å². The Bertz CT molecular complexity index is 470. The van der Waals surface area contributed by atoms with E-state index in [1.807, 2.05) is 37.1 Å². The topological polar surface area (TPSA) is 67.6 Å². The van der Waals surface area contributed by atoms with Crippen molar-refractivity contribution in [2.24, 2.45) is 0 Å². The van der Waals surface area contributed by atoms with Gasteiger partial charge in [0.15, 0.2) is 0 Å². The summed E-state index contributed by atoms with van der Waals surface area (Å²) in [5, 5.41) is 2.91. The molecule has 0 aromatic heterocycles. The summed E-state index contributed by atoms with van der Waals surface area (Å²) in [6, 6.07) is 5.53. The first-order chi connectivity index (χ1) is 9.56. The van der Waals surface area contributed by atoms with Crippen LogP contribution in [0.2, 0.25) is 0 Å². The fourth-order valence-corrected chi connectivity index (χ4v) is 2.42. The first kappa shape index (κ1) is 14.8. The number of rotatable bonds is 5. The van der Waals surface area contributed by atoms with Gasteiger partial charge >= 0.3 is 0 Å². The van der Waals surface area contributed by atoms with Gasteiger partial charge in [0.05, 0.1) is 12.6 Å². The van der Waals surface area contributed by atoms with Crippen molar-refractivity contribution in [2.75, 3.05) is 37.8 Å². The van der Waals surface area contributed by atoms with E-state index in [0.29, 0.717) is 12.2 Å². The van der Waals surface area contributed by atoms with Crippen molar-refractivity contribution in [3.63, 3.8) is 0 Å². The van der Waals surface area contributed by atoms with E-state index in [0.717, 1.165) is 37.2 Å². The molecule has 2 rings (SSSR count). The lowest BCUT2D eigenvalue weighted by Gasteiger charge is -2.20. The summed E-state index contributed by atoms with van der Waals surface area (Å²) in [5.74, 6) is -0.0285. The Balaban J connectivity index is 1.83. The Morgan fingerprint density at radius 2 is 2.35 bits per heavy atom. The van der Waals surface area contributed by atoms with Crippen LogP contribution in [0.1, 0.15) is 18.4 Å². The molecule has 1 atom stereocenters. The van der Waals surface area contributed by atoms with E-state index in [1.54, 1.807) is 0 Å². The van der Waals surface area contributed by atoms with Gasteiger partial charge in [0, 0.05) is 24.5 Å². The zero-order valence-electron chi connectivity index (χ0n) is 12.2. The Labute approximate surface area is 120 Å². The van der Waals surface area contributed by atoms with Crippen LogP contribution in [0.15, 0.2) is 18.2 Å². The number of benzene rings is 1. The van der Waals surface area contributed by atoms with Gasteiger partial charge in [-0.15, -0.1) is 0 Å². The summed E-state index contributed by atoms with van der Waals surface area (Å²) >= 11 is 0. The Hall–Kier alpha value is -1.59. The first-order valence-corrected chi connectivity index (χ1v) is 7.01. The molecule has 1 saturated heterocycles. The summed E-state index contributed by atoms with van der Waals surface area (Å²) in [7, 11) is 1.94. The number of carbonyl (C=O) groups is 1. The Morgan fingerprint density at radius 1 is 1.55 bits per heavy atom. The van der Waals surface area contributed by atoms with E-state index in [2.05, 4.69) is 5.32 Å². The van der Waals surface area contributed by atoms with Gasteiger partial charge in [-0.3, -0.25) is 9.69 Å². The molecule has 20 heavy (non-hydrogen) atoms. The van der Waals surface area contributed by atoms with Gasteiger partial charge in [0.2, 0.25) is 5.91 Å². The highest BCUT2D eigenvalue weighted by Gasteiger charge is 2.18. The maximum atomic E-state index is 12.0. The number of carbonyl (C=O) groups excluding carboxylic acids is 1. The van der Waals surface area contributed by atoms with Crippen molar-refractivity contribution < 1.29 is 9.53 Å². The molecule has 0 spiro atoms. The second kappa shape index (κ2) is 6.72. The lowest BCUT2D eigenvalue weighted by atomic mass is 10.1. The number of hydrogen-bond donors (Lipinski definition) is 2. The monoisotopic (exact) mass is 277 g/mol. The van der Waals surface area contributed by atoms with E-state index in [4.69, 9.17) is 10.5 Å². The molecule has 0 aliphatic carbocycles. The zero-order valence-corrected chi connectivity index (χ0v) is 12.2. The number of nitrogens with zero attached hydrogens (tertiary/aromatic N) is 1. The molecule has 1 amide bonds. The maximum Gasteiger partial charge on any atom is 0.238 e. The second-order valence-corrected chi connectivity index (χ2v) is 5.40. The van der Waals surface area contributed by atoms with Gasteiger partial charge in [-0.2, -0.15) is 0 Å². The summed E-state index contributed by atoms with van der Waals surface area (Å²) in [6.07, 6.45) is 2.47. The van der Waals surface area contributed by atoms with Crippen molar-refractivity contribution in [3.8, 4) is 0 Å². The molecule has 1 aliphatic rings. The molecule has 5 nitrogen and oxygen atoms in total. The second-order valence-electron chi connectivity index (χ2n) is 5.40. The Morgan fingerprint density at radius 3 is 3.05 bits per heavy atom. The van der Waals surface area contributed by atoms with Crippen molar-refractivity contribution >= 4 is 17.3 Å². The number of nitrogens with two attached hydrogens (primary N) is 1. The predicted molar refractivity (Wildman–Crippen MR) is 80.7 cm³/mol. The van der Waals surface area contributed by atoms with Crippen LogP contribution in [0, 0.1) is 6.92 Å². The minimum atomic E-state index is -0.0285. The summed E-state index contributed by atoms with van der Waals surface area (Å²) < 4.78 is 5.57. The van der Waals surface area contributed by atoms with Crippen molar-refractivity contribution in [1.82, 2.24) is 4.90 Å². The largest absolute Gasteiger partial charge is 0.398 e. The average Bonchev–Trinajstić information content (AvgIpc) is 2.87. The van der Waals surface area contributed by atoms with Crippen molar-refractivity contribution in [1.29, 1.82) is 0 Å². The number of amides is 1. The smallest absolute Gasteiger partial charge is 0.238 e. The van der Waals surface area contributed by atoms with Crippen LogP contribution in [0.5, 0.6) is 0 Å². The zero-order chi connectivity index (χ0) is 14.5. The average molecular weight is 277 g/mol. The quantitative estimate of drug-likeness (QED) is 0.803. The molecule has 0 bridgehead atoms. The number of anilines is 2. The van der Waals surface area contributed by atoms with Crippen LogP contribution in [0.25, 0.3) is 0 Å². The van der Waals surface area contributed by atoms with Gasteiger partial charge in [0.1, 0.15) is 0 Å². The van der Waals surface area contributed by atoms with E-state index < -0.39 is 0 Å². The fourth-order valence-electron chi connectivity index (χ4n) is 2.42. The minimum absolute atomic E-state index is 0.0285. The van der Waals surface area contributed by atoms with Crippen LogP contribution in [-0.2, 0) is 9.53 Å². The van der Waals surface area contributed by atoms with E-state index in [-0.39, 0.29) is 12.0 Å². The standard InChI is InChI=1S/C15H23N3O2/c1-11-13(16)6-3-7-14(11)17-15(19)10-18(2)9-12-5-4-8-20-12/h3,6-7,12H,4-5,8-10,16H2,1-2H3,(H,17,19). The SMILES string of the molecule is Cc1c(N)cccc1NC(=O)CN(C)CC1CCCO1. The minimum Gasteiger partial charge on any atom is -0.398 e. The molecule has 1 aliphatic heterocycles. The number of nitrogens with one attached hydrogen (secondary N) is 1.